The summed E-state index contributed by atoms with van der Waals surface area (Å²) in [5, 5.41) is 0. The zero-order valence-electron chi connectivity index (χ0n) is 9.23. The summed E-state index contributed by atoms with van der Waals surface area (Å²) >= 11 is 0. The molecule has 0 amide bonds. The molecule has 0 spiro atoms. The van der Waals surface area contributed by atoms with Gasteiger partial charge in [-0.2, -0.15) is 0 Å². The van der Waals surface area contributed by atoms with Gasteiger partial charge in [0.2, 0.25) is 0 Å². The second-order valence-corrected chi connectivity index (χ2v) is 4.07. The first kappa shape index (κ1) is 11.9. The van der Waals surface area contributed by atoms with E-state index < -0.39 is 0 Å². The van der Waals surface area contributed by atoms with Crippen LogP contribution in [0.3, 0.4) is 0 Å². The van der Waals surface area contributed by atoms with E-state index in [2.05, 4.69) is 20.8 Å². The molecule has 0 fully saturated rings. The Morgan fingerprint density at radius 2 is 1.50 bits per heavy atom. The summed E-state index contributed by atoms with van der Waals surface area (Å²) < 4.78 is 11.1. The van der Waals surface area contributed by atoms with E-state index in [9.17, 15) is 0 Å². The van der Waals surface area contributed by atoms with Crippen molar-refractivity contribution in [3.05, 3.63) is 0 Å². The van der Waals surface area contributed by atoms with Crippen LogP contribution in [0.5, 0.6) is 0 Å². The van der Waals surface area contributed by atoms with Gasteiger partial charge in [0.25, 0.3) is 0 Å². The SMILES string of the molecule is CCCOC(C)(C)C(C)(C)OC. The Morgan fingerprint density at radius 3 is 1.83 bits per heavy atom. The molecule has 2 heteroatoms. The van der Waals surface area contributed by atoms with Crippen molar-refractivity contribution >= 4 is 0 Å². The highest BCUT2D eigenvalue weighted by atomic mass is 16.6. The third-order valence-corrected chi connectivity index (χ3v) is 2.63. The molecule has 0 aliphatic carbocycles. The monoisotopic (exact) mass is 174 g/mol. The maximum Gasteiger partial charge on any atom is 0.0909 e. The summed E-state index contributed by atoms with van der Waals surface area (Å²) in [4.78, 5) is 0. The number of hydrogen-bond acceptors (Lipinski definition) is 2. The Bertz CT molecular complexity index is 128. The van der Waals surface area contributed by atoms with Gasteiger partial charge in [-0.15, -0.1) is 0 Å². The van der Waals surface area contributed by atoms with Gasteiger partial charge in [0.1, 0.15) is 0 Å². The lowest BCUT2D eigenvalue weighted by molar-refractivity contribution is -0.162. The van der Waals surface area contributed by atoms with Crippen molar-refractivity contribution in [3.8, 4) is 0 Å². The van der Waals surface area contributed by atoms with Crippen LogP contribution in [0, 0.1) is 0 Å². The highest BCUT2D eigenvalue weighted by molar-refractivity contribution is 4.88. The Balaban J connectivity index is 4.17. The van der Waals surface area contributed by atoms with Crippen LogP contribution in [0.25, 0.3) is 0 Å². The molecular formula is C10H22O2. The predicted molar refractivity (Wildman–Crippen MR) is 51.4 cm³/mol. The minimum atomic E-state index is -0.234. The lowest BCUT2D eigenvalue weighted by atomic mass is 9.89. The predicted octanol–water partition coefficient (Wildman–Crippen LogP) is 2.62. The van der Waals surface area contributed by atoms with Crippen molar-refractivity contribution < 1.29 is 9.47 Å². The molecule has 0 aromatic carbocycles. The van der Waals surface area contributed by atoms with Crippen LogP contribution < -0.4 is 0 Å². The van der Waals surface area contributed by atoms with E-state index in [4.69, 9.17) is 9.47 Å². The minimum absolute atomic E-state index is 0.224. The van der Waals surface area contributed by atoms with Gasteiger partial charge >= 0.3 is 0 Å². The average molecular weight is 174 g/mol. The normalized spacial score (nSPS) is 13.5. The number of hydrogen-bond donors (Lipinski definition) is 0. The molecule has 0 saturated carbocycles. The quantitative estimate of drug-likeness (QED) is 0.638. The molecule has 0 N–H and O–H groups in total. The second kappa shape index (κ2) is 4.24. The van der Waals surface area contributed by atoms with Gasteiger partial charge in [-0.1, -0.05) is 6.92 Å². The molecule has 0 aromatic rings. The lowest BCUT2D eigenvalue weighted by Crippen LogP contribution is -2.48. The molecule has 12 heavy (non-hydrogen) atoms. The molecule has 74 valence electrons. The summed E-state index contributed by atoms with van der Waals surface area (Å²) in [5.74, 6) is 0. The molecule has 0 aliphatic heterocycles. The molecule has 0 radical (unpaired) electrons. The Labute approximate surface area is 76.3 Å². The van der Waals surface area contributed by atoms with E-state index in [1.54, 1.807) is 7.11 Å². The fraction of sp³-hybridized carbons (Fsp3) is 1.00. The van der Waals surface area contributed by atoms with Gasteiger partial charge in [0, 0.05) is 13.7 Å². The van der Waals surface area contributed by atoms with Crippen molar-refractivity contribution in [1.82, 2.24) is 0 Å². The van der Waals surface area contributed by atoms with E-state index in [1.165, 1.54) is 0 Å². The van der Waals surface area contributed by atoms with Crippen molar-refractivity contribution in [2.24, 2.45) is 0 Å². The van der Waals surface area contributed by atoms with Gasteiger partial charge in [-0.25, -0.2) is 0 Å². The zero-order chi connectivity index (χ0) is 9.83. The van der Waals surface area contributed by atoms with Crippen molar-refractivity contribution in [2.45, 2.75) is 52.2 Å². The summed E-state index contributed by atoms with van der Waals surface area (Å²) in [6.45, 7) is 11.1. The van der Waals surface area contributed by atoms with Gasteiger partial charge in [0.05, 0.1) is 11.2 Å². The summed E-state index contributed by atoms with van der Waals surface area (Å²) in [7, 11) is 1.72. The molecular weight excluding hydrogens is 152 g/mol. The van der Waals surface area contributed by atoms with E-state index in [0.717, 1.165) is 13.0 Å². The van der Waals surface area contributed by atoms with Crippen molar-refractivity contribution in [2.75, 3.05) is 13.7 Å². The number of ether oxygens (including phenoxy) is 2. The van der Waals surface area contributed by atoms with Crippen LogP contribution in [0.1, 0.15) is 41.0 Å². The van der Waals surface area contributed by atoms with Crippen LogP contribution in [0.2, 0.25) is 0 Å². The third kappa shape index (κ3) is 2.76. The summed E-state index contributed by atoms with van der Waals surface area (Å²) in [6.07, 6.45) is 1.04. The molecule has 0 aliphatic rings. The molecule has 0 heterocycles. The number of methoxy groups -OCH3 is 1. The maximum atomic E-state index is 5.71. The Kier molecular flexibility index (Phi) is 4.21. The molecule has 0 rings (SSSR count). The van der Waals surface area contributed by atoms with Crippen LogP contribution >= 0.6 is 0 Å². The van der Waals surface area contributed by atoms with E-state index >= 15 is 0 Å². The van der Waals surface area contributed by atoms with Gasteiger partial charge in [-0.05, 0) is 34.1 Å². The van der Waals surface area contributed by atoms with E-state index in [1.807, 2.05) is 13.8 Å². The van der Waals surface area contributed by atoms with Crippen LogP contribution in [-0.2, 0) is 9.47 Å². The second-order valence-electron chi connectivity index (χ2n) is 4.07. The highest BCUT2D eigenvalue weighted by Crippen LogP contribution is 2.28. The Morgan fingerprint density at radius 1 is 1.00 bits per heavy atom. The van der Waals surface area contributed by atoms with Crippen LogP contribution in [0.15, 0.2) is 0 Å². The zero-order valence-corrected chi connectivity index (χ0v) is 9.23. The maximum absolute atomic E-state index is 5.71. The van der Waals surface area contributed by atoms with Crippen molar-refractivity contribution in [1.29, 1.82) is 0 Å². The first-order valence-electron chi connectivity index (χ1n) is 4.56. The third-order valence-electron chi connectivity index (χ3n) is 2.63. The Hall–Kier alpha value is -0.0800. The molecule has 0 unspecified atom stereocenters. The standard InChI is InChI=1S/C10H22O2/c1-7-8-12-10(4,5)9(2,3)11-6/h7-8H2,1-6H3. The topological polar surface area (TPSA) is 18.5 Å². The molecule has 0 atom stereocenters. The van der Waals surface area contributed by atoms with Crippen LogP contribution in [-0.4, -0.2) is 24.9 Å². The molecule has 0 bridgehead atoms. The van der Waals surface area contributed by atoms with E-state index in [-0.39, 0.29) is 11.2 Å². The first-order valence-corrected chi connectivity index (χ1v) is 4.56. The lowest BCUT2D eigenvalue weighted by Gasteiger charge is -2.40. The van der Waals surface area contributed by atoms with Gasteiger partial charge in [-0.3, -0.25) is 0 Å². The minimum Gasteiger partial charge on any atom is -0.376 e. The molecule has 0 aromatic heterocycles. The molecule has 0 saturated heterocycles. The van der Waals surface area contributed by atoms with Gasteiger partial charge < -0.3 is 9.47 Å². The fourth-order valence-corrected chi connectivity index (χ4v) is 0.777. The smallest absolute Gasteiger partial charge is 0.0909 e. The summed E-state index contributed by atoms with van der Waals surface area (Å²) in [5.41, 5.74) is -0.458. The largest absolute Gasteiger partial charge is 0.376 e. The van der Waals surface area contributed by atoms with Gasteiger partial charge in [0.15, 0.2) is 0 Å². The number of rotatable bonds is 5. The van der Waals surface area contributed by atoms with Crippen molar-refractivity contribution in [3.63, 3.8) is 0 Å². The fourth-order valence-electron chi connectivity index (χ4n) is 0.777. The average Bonchev–Trinajstić information content (AvgIpc) is 2.00. The van der Waals surface area contributed by atoms with E-state index in [0.29, 0.717) is 0 Å². The summed E-state index contributed by atoms with van der Waals surface area (Å²) in [6, 6.07) is 0. The highest BCUT2D eigenvalue weighted by Gasteiger charge is 2.37. The first-order chi connectivity index (χ1) is 5.37. The van der Waals surface area contributed by atoms with Crippen LogP contribution in [0.4, 0.5) is 0 Å². The molecule has 2 nitrogen and oxygen atoms in total.